The number of aromatic nitrogens is 1. The molecule has 6 nitrogen and oxygen atoms in total. The van der Waals surface area contributed by atoms with Crippen LogP contribution in [0.4, 0.5) is 5.69 Å². The summed E-state index contributed by atoms with van der Waals surface area (Å²) in [6, 6.07) is 9.15. The molecule has 1 aromatic heterocycles. The van der Waals surface area contributed by atoms with Crippen molar-refractivity contribution in [3.63, 3.8) is 0 Å². The second-order valence-electron chi connectivity index (χ2n) is 6.88. The minimum atomic E-state index is -3.62. The Labute approximate surface area is 154 Å². The van der Waals surface area contributed by atoms with E-state index in [-0.39, 0.29) is 18.5 Å². The number of sulfonamides is 1. The van der Waals surface area contributed by atoms with Gasteiger partial charge in [-0.2, -0.15) is 0 Å². The molecule has 2 aromatic rings. The molecule has 0 spiro atoms. The van der Waals surface area contributed by atoms with Crippen molar-refractivity contribution in [2.24, 2.45) is 0 Å². The normalized spacial score (nSPS) is 16.2. The minimum Gasteiger partial charge on any atom is -0.352 e. The number of fused-ring (bicyclic) bond motifs is 1. The van der Waals surface area contributed by atoms with Crippen LogP contribution in [0.15, 0.2) is 36.5 Å². The number of nitrogens with one attached hydrogen (secondary N) is 1. The van der Waals surface area contributed by atoms with Gasteiger partial charge in [-0.15, -0.1) is 0 Å². The summed E-state index contributed by atoms with van der Waals surface area (Å²) in [5, 5.41) is 3.85. The SMILES string of the molecule is CS(=O)(=O)N(CC(=O)NC1CCCCCC1)c1cccc2cccnc12. The van der Waals surface area contributed by atoms with Crippen molar-refractivity contribution >= 4 is 32.5 Å². The van der Waals surface area contributed by atoms with Crippen molar-refractivity contribution in [3.05, 3.63) is 36.5 Å². The Bertz CT molecular complexity index is 869. The zero-order valence-corrected chi connectivity index (χ0v) is 15.8. The number of rotatable bonds is 5. The van der Waals surface area contributed by atoms with E-state index in [1.165, 1.54) is 12.8 Å². The summed E-state index contributed by atoms with van der Waals surface area (Å²) < 4.78 is 25.9. The average molecular weight is 375 g/mol. The van der Waals surface area contributed by atoms with E-state index in [1.54, 1.807) is 24.4 Å². The number of pyridine rings is 1. The first-order chi connectivity index (χ1) is 12.4. The number of para-hydroxylation sites is 1. The van der Waals surface area contributed by atoms with Crippen LogP contribution in [0.3, 0.4) is 0 Å². The molecule has 1 N–H and O–H groups in total. The highest BCUT2D eigenvalue weighted by atomic mass is 32.2. The van der Waals surface area contributed by atoms with Gasteiger partial charge >= 0.3 is 0 Å². The number of carbonyl (C=O) groups is 1. The molecule has 0 unspecified atom stereocenters. The topological polar surface area (TPSA) is 79.4 Å². The number of anilines is 1. The molecule has 1 aliphatic rings. The van der Waals surface area contributed by atoms with Crippen LogP contribution >= 0.6 is 0 Å². The summed E-state index contributed by atoms with van der Waals surface area (Å²) >= 11 is 0. The van der Waals surface area contributed by atoms with Gasteiger partial charge in [0.05, 0.1) is 17.5 Å². The van der Waals surface area contributed by atoms with Gasteiger partial charge in [0.15, 0.2) is 0 Å². The zero-order valence-electron chi connectivity index (χ0n) is 15.0. The van der Waals surface area contributed by atoms with Crippen molar-refractivity contribution in [1.29, 1.82) is 0 Å². The molecule has 0 atom stereocenters. The fourth-order valence-corrected chi connectivity index (χ4v) is 4.35. The Morgan fingerprint density at radius 1 is 1.15 bits per heavy atom. The maximum atomic E-state index is 12.6. The third-order valence-electron chi connectivity index (χ3n) is 4.79. The van der Waals surface area contributed by atoms with Gasteiger partial charge in [0.2, 0.25) is 15.9 Å². The monoisotopic (exact) mass is 375 g/mol. The van der Waals surface area contributed by atoms with E-state index in [0.29, 0.717) is 11.2 Å². The number of carbonyl (C=O) groups excluding carboxylic acids is 1. The predicted octanol–water partition coefficient (Wildman–Crippen LogP) is 2.84. The molecule has 3 rings (SSSR count). The number of hydrogen-bond donors (Lipinski definition) is 1. The highest BCUT2D eigenvalue weighted by Gasteiger charge is 2.24. The predicted molar refractivity (Wildman–Crippen MR) is 104 cm³/mol. The van der Waals surface area contributed by atoms with Crippen LogP contribution in [0.2, 0.25) is 0 Å². The van der Waals surface area contributed by atoms with E-state index in [2.05, 4.69) is 10.3 Å². The summed E-state index contributed by atoms with van der Waals surface area (Å²) in [5.41, 5.74) is 1.00. The van der Waals surface area contributed by atoms with Crippen LogP contribution in [0.1, 0.15) is 38.5 Å². The molecular weight excluding hydrogens is 350 g/mol. The number of amides is 1. The first-order valence-electron chi connectivity index (χ1n) is 9.06. The van der Waals surface area contributed by atoms with Gasteiger partial charge in [-0.25, -0.2) is 8.42 Å². The fraction of sp³-hybridized carbons (Fsp3) is 0.474. The van der Waals surface area contributed by atoms with E-state index in [9.17, 15) is 13.2 Å². The molecule has 1 aromatic carbocycles. The number of hydrogen-bond acceptors (Lipinski definition) is 4. The summed E-state index contributed by atoms with van der Waals surface area (Å²) in [6.45, 7) is -0.231. The van der Waals surface area contributed by atoms with Crippen molar-refractivity contribution in [1.82, 2.24) is 10.3 Å². The van der Waals surface area contributed by atoms with E-state index < -0.39 is 10.0 Å². The quantitative estimate of drug-likeness (QED) is 0.815. The maximum absolute atomic E-state index is 12.6. The first-order valence-corrected chi connectivity index (χ1v) is 10.9. The van der Waals surface area contributed by atoms with Crippen LogP contribution in [0.5, 0.6) is 0 Å². The molecule has 140 valence electrons. The van der Waals surface area contributed by atoms with Gasteiger partial charge in [-0.05, 0) is 25.0 Å². The third-order valence-corrected chi connectivity index (χ3v) is 5.91. The summed E-state index contributed by atoms with van der Waals surface area (Å²) in [5.74, 6) is -0.268. The summed E-state index contributed by atoms with van der Waals surface area (Å²) in [7, 11) is -3.62. The Hall–Kier alpha value is -2.15. The lowest BCUT2D eigenvalue weighted by atomic mass is 10.1. The smallest absolute Gasteiger partial charge is 0.240 e. The molecule has 0 saturated heterocycles. The van der Waals surface area contributed by atoms with Gasteiger partial charge in [0, 0.05) is 17.6 Å². The van der Waals surface area contributed by atoms with Crippen molar-refractivity contribution < 1.29 is 13.2 Å². The van der Waals surface area contributed by atoms with E-state index in [4.69, 9.17) is 0 Å². The first kappa shape index (κ1) is 18.6. The molecule has 0 aliphatic heterocycles. The lowest BCUT2D eigenvalue weighted by molar-refractivity contribution is -0.120. The Morgan fingerprint density at radius 3 is 2.54 bits per heavy atom. The Morgan fingerprint density at radius 2 is 1.85 bits per heavy atom. The van der Waals surface area contributed by atoms with Gasteiger partial charge in [0.25, 0.3) is 0 Å². The van der Waals surface area contributed by atoms with Gasteiger partial charge < -0.3 is 5.32 Å². The van der Waals surface area contributed by atoms with Crippen LogP contribution < -0.4 is 9.62 Å². The van der Waals surface area contributed by atoms with Crippen LogP contribution in [-0.2, 0) is 14.8 Å². The lowest BCUT2D eigenvalue weighted by Crippen LogP contribution is -2.44. The average Bonchev–Trinajstić information content (AvgIpc) is 2.87. The van der Waals surface area contributed by atoms with Crippen LogP contribution in [-0.4, -0.2) is 38.2 Å². The molecule has 1 saturated carbocycles. The van der Waals surface area contributed by atoms with Crippen molar-refractivity contribution in [3.8, 4) is 0 Å². The zero-order chi connectivity index (χ0) is 18.6. The highest BCUT2D eigenvalue weighted by Crippen LogP contribution is 2.26. The largest absolute Gasteiger partial charge is 0.352 e. The molecule has 1 fully saturated rings. The van der Waals surface area contributed by atoms with Gasteiger partial charge in [-0.3, -0.25) is 14.1 Å². The molecular formula is C19H25N3O3S. The molecule has 1 heterocycles. The van der Waals surface area contributed by atoms with E-state index in [0.717, 1.165) is 41.6 Å². The second-order valence-corrected chi connectivity index (χ2v) is 8.78. The van der Waals surface area contributed by atoms with Crippen LogP contribution in [0.25, 0.3) is 10.9 Å². The van der Waals surface area contributed by atoms with Gasteiger partial charge in [-0.1, -0.05) is 43.9 Å². The Kier molecular flexibility index (Phi) is 5.76. The van der Waals surface area contributed by atoms with Gasteiger partial charge in [0.1, 0.15) is 6.54 Å². The van der Waals surface area contributed by atoms with E-state index in [1.807, 2.05) is 12.1 Å². The third kappa shape index (κ3) is 4.52. The standard InChI is InChI=1S/C19H25N3O3S/c1-26(24,25)22(14-18(23)21-16-10-4-2-3-5-11-16)17-12-6-8-15-9-7-13-20-19(15)17/h6-9,12-13,16H,2-5,10-11,14H2,1H3,(H,21,23). The highest BCUT2D eigenvalue weighted by molar-refractivity contribution is 7.92. The number of benzene rings is 1. The Balaban J connectivity index is 1.83. The van der Waals surface area contributed by atoms with Crippen LogP contribution in [0, 0.1) is 0 Å². The fourth-order valence-electron chi connectivity index (χ4n) is 3.50. The summed E-state index contributed by atoms with van der Waals surface area (Å²) in [6.07, 6.45) is 9.27. The number of nitrogens with zero attached hydrogens (tertiary/aromatic N) is 2. The van der Waals surface area contributed by atoms with E-state index >= 15 is 0 Å². The molecule has 0 bridgehead atoms. The lowest BCUT2D eigenvalue weighted by Gasteiger charge is -2.24. The molecule has 1 aliphatic carbocycles. The molecule has 26 heavy (non-hydrogen) atoms. The second kappa shape index (κ2) is 8.03. The van der Waals surface area contributed by atoms with Crippen molar-refractivity contribution in [2.45, 2.75) is 44.6 Å². The van der Waals surface area contributed by atoms with Crippen molar-refractivity contribution in [2.75, 3.05) is 17.1 Å². The minimum absolute atomic E-state index is 0.136. The molecule has 7 heteroatoms. The molecule has 0 radical (unpaired) electrons. The molecule has 1 amide bonds. The summed E-state index contributed by atoms with van der Waals surface area (Å²) in [4.78, 5) is 16.9. The maximum Gasteiger partial charge on any atom is 0.240 e.